The number of tetrazole rings is 1. The average molecular weight is 403 g/mol. The third-order valence-electron chi connectivity index (χ3n) is 4.99. The quantitative estimate of drug-likeness (QED) is 0.602. The number of aromatic nitrogens is 4. The Hall–Kier alpha value is -2.56. The van der Waals surface area contributed by atoms with Gasteiger partial charge in [-0.05, 0) is 34.0 Å². The number of carbonyl (C=O) groups excluding carboxylic acids is 1. The van der Waals surface area contributed by atoms with Gasteiger partial charge >= 0.3 is 0 Å². The summed E-state index contributed by atoms with van der Waals surface area (Å²) in [5.41, 5.74) is 0. The van der Waals surface area contributed by atoms with Crippen molar-refractivity contribution in [2.45, 2.75) is 12.6 Å². The number of nitrogens with one attached hydrogen (secondary N) is 1. The van der Waals surface area contributed by atoms with Crippen LogP contribution in [0.5, 0.6) is 0 Å². The van der Waals surface area contributed by atoms with Gasteiger partial charge in [-0.25, -0.2) is 4.68 Å². The van der Waals surface area contributed by atoms with Gasteiger partial charge in [0.2, 0.25) is 5.82 Å². The molecule has 0 bridgehead atoms. The van der Waals surface area contributed by atoms with E-state index >= 15 is 0 Å². The van der Waals surface area contributed by atoms with Gasteiger partial charge in [0.05, 0.1) is 50.5 Å². The van der Waals surface area contributed by atoms with Crippen molar-refractivity contribution in [2.75, 3.05) is 39.9 Å². The maximum absolute atomic E-state index is 12.5. The second kappa shape index (κ2) is 8.63. The molecule has 4 heterocycles. The first kappa shape index (κ1) is 18.8. The van der Waals surface area contributed by atoms with Gasteiger partial charge in [0.1, 0.15) is 0 Å². The van der Waals surface area contributed by atoms with Crippen LogP contribution < -0.4 is 4.90 Å². The van der Waals surface area contributed by atoms with Gasteiger partial charge in [-0.2, -0.15) is 0 Å². The summed E-state index contributed by atoms with van der Waals surface area (Å²) in [7, 11) is 1.67. The molecule has 0 spiro atoms. The monoisotopic (exact) mass is 403 g/mol. The molecule has 1 N–H and O–H groups in total. The number of nitrogens with zero attached hydrogens (tertiary/aromatic N) is 5. The Labute approximate surface area is 166 Å². The highest BCUT2D eigenvalue weighted by Crippen LogP contribution is 2.22. The first-order valence-corrected chi connectivity index (χ1v) is 10.1. The third kappa shape index (κ3) is 3.84. The predicted octanol–water partition coefficient (Wildman–Crippen LogP) is 0.104. The molecule has 1 atom stereocenters. The van der Waals surface area contributed by atoms with Crippen LogP contribution in [0.15, 0.2) is 40.3 Å². The number of hydrogen-bond acceptors (Lipinski definition) is 7. The minimum Gasteiger partial charge on any atom is -0.459 e. The number of methoxy groups -OCH3 is 1. The standard InChI is InChI=1S/C18H22N6O3S/c1-26-12-10-24-17(19-20-21-24)16(15-5-3-13-28-15)22-6-8-23(9-7-22)18(25)14-4-2-11-27-14/h2-5,11,13,16H,6-10,12H2,1H3/p+1/t16-/m1/s1. The Morgan fingerprint density at radius 2 is 2.21 bits per heavy atom. The van der Waals surface area contributed by atoms with Crippen molar-refractivity contribution in [3.8, 4) is 0 Å². The van der Waals surface area contributed by atoms with Crippen molar-refractivity contribution >= 4 is 17.2 Å². The Bertz CT molecular complexity index is 871. The number of quaternary nitrogens is 1. The molecule has 3 aromatic rings. The largest absolute Gasteiger partial charge is 0.459 e. The third-order valence-corrected chi connectivity index (χ3v) is 5.92. The normalized spacial score (nSPS) is 16.4. The summed E-state index contributed by atoms with van der Waals surface area (Å²) in [6, 6.07) is 7.65. The molecule has 148 valence electrons. The molecule has 0 radical (unpaired) electrons. The van der Waals surface area contributed by atoms with Crippen LogP contribution in [0, 0.1) is 0 Å². The predicted molar refractivity (Wildman–Crippen MR) is 101 cm³/mol. The molecule has 1 aliphatic rings. The topological polar surface area (TPSA) is 90.7 Å². The van der Waals surface area contributed by atoms with Crippen molar-refractivity contribution in [1.82, 2.24) is 25.1 Å². The highest BCUT2D eigenvalue weighted by atomic mass is 32.1. The second-order valence-electron chi connectivity index (χ2n) is 6.63. The lowest BCUT2D eigenvalue weighted by Crippen LogP contribution is -3.15. The van der Waals surface area contributed by atoms with E-state index in [2.05, 4.69) is 27.0 Å². The number of thiophene rings is 1. The molecule has 0 unspecified atom stereocenters. The van der Waals surface area contributed by atoms with E-state index in [9.17, 15) is 4.79 Å². The number of hydrogen-bond donors (Lipinski definition) is 1. The van der Waals surface area contributed by atoms with Gasteiger partial charge in [-0.3, -0.25) is 4.79 Å². The van der Waals surface area contributed by atoms with Crippen LogP contribution in [0.2, 0.25) is 0 Å². The lowest BCUT2D eigenvalue weighted by atomic mass is 10.1. The Kier molecular flexibility index (Phi) is 5.79. The average Bonchev–Trinajstić information content (AvgIpc) is 3.49. The number of amides is 1. The molecule has 1 aliphatic heterocycles. The zero-order valence-corrected chi connectivity index (χ0v) is 16.5. The van der Waals surface area contributed by atoms with Gasteiger partial charge in [-0.1, -0.05) is 6.07 Å². The first-order valence-electron chi connectivity index (χ1n) is 9.23. The molecule has 1 fully saturated rings. The van der Waals surface area contributed by atoms with Crippen LogP contribution >= 0.6 is 11.3 Å². The van der Waals surface area contributed by atoms with Crippen LogP contribution in [0.25, 0.3) is 0 Å². The maximum Gasteiger partial charge on any atom is 0.289 e. The maximum atomic E-state index is 12.5. The SMILES string of the molecule is COCCn1nnnc1[C@@H](c1cccs1)[NH+]1CCN(C(=O)c2ccco2)CC1. The van der Waals surface area contributed by atoms with E-state index in [1.165, 1.54) is 16.0 Å². The number of piperazine rings is 1. The summed E-state index contributed by atoms with van der Waals surface area (Å²) in [4.78, 5) is 17.0. The Balaban J connectivity index is 1.51. The zero-order chi connectivity index (χ0) is 19.3. The summed E-state index contributed by atoms with van der Waals surface area (Å²) in [6.07, 6.45) is 1.53. The van der Waals surface area contributed by atoms with Crippen LogP contribution in [-0.4, -0.2) is 70.9 Å². The molecule has 1 amide bonds. The highest BCUT2D eigenvalue weighted by Gasteiger charge is 2.36. The summed E-state index contributed by atoms with van der Waals surface area (Å²) in [5, 5.41) is 14.4. The number of furan rings is 1. The summed E-state index contributed by atoms with van der Waals surface area (Å²) < 4.78 is 12.3. The molecule has 0 aromatic carbocycles. The van der Waals surface area contributed by atoms with E-state index < -0.39 is 0 Å². The van der Waals surface area contributed by atoms with Crippen molar-refractivity contribution in [1.29, 1.82) is 0 Å². The van der Waals surface area contributed by atoms with Gasteiger partial charge in [0, 0.05) is 7.11 Å². The molecule has 9 nitrogen and oxygen atoms in total. The molecule has 10 heteroatoms. The Morgan fingerprint density at radius 3 is 2.89 bits per heavy atom. The zero-order valence-electron chi connectivity index (χ0n) is 15.7. The van der Waals surface area contributed by atoms with Crippen molar-refractivity contribution in [2.24, 2.45) is 0 Å². The van der Waals surface area contributed by atoms with E-state index in [0.717, 1.165) is 18.9 Å². The van der Waals surface area contributed by atoms with E-state index in [1.54, 1.807) is 30.6 Å². The van der Waals surface area contributed by atoms with Gasteiger partial charge in [0.15, 0.2) is 11.8 Å². The van der Waals surface area contributed by atoms with Crippen LogP contribution in [0.1, 0.15) is 27.3 Å². The van der Waals surface area contributed by atoms with E-state index in [0.29, 0.717) is 32.0 Å². The lowest BCUT2D eigenvalue weighted by molar-refractivity contribution is -0.929. The number of rotatable bonds is 7. The van der Waals surface area contributed by atoms with Crippen molar-refractivity contribution in [3.05, 3.63) is 52.4 Å². The minimum absolute atomic E-state index is 0.0349. The molecule has 0 aliphatic carbocycles. The lowest BCUT2D eigenvalue weighted by Gasteiger charge is -2.35. The Morgan fingerprint density at radius 1 is 1.36 bits per heavy atom. The van der Waals surface area contributed by atoms with E-state index in [-0.39, 0.29) is 11.9 Å². The fraction of sp³-hybridized carbons (Fsp3) is 0.444. The highest BCUT2D eigenvalue weighted by molar-refractivity contribution is 7.10. The van der Waals surface area contributed by atoms with Crippen LogP contribution in [0.3, 0.4) is 0 Å². The van der Waals surface area contributed by atoms with E-state index in [4.69, 9.17) is 9.15 Å². The van der Waals surface area contributed by atoms with Crippen LogP contribution in [0.4, 0.5) is 0 Å². The summed E-state index contributed by atoms with van der Waals surface area (Å²) >= 11 is 1.70. The fourth-order valence-corrected chi connectivity index (χ4v) is 4.44. The van der Waals surface area contributed by atoms with Gasteiger partial charge in [-0.15, -0.1) is 16.4 Å². The molecule has 1 saturated heterocycles. The fourth-order valence-electron chi connectivity index (χ4n) is 3.56. The summed E-state index contributed by atoms with van der Waals surface area (Å²) in [6.45, 7) is 4.11. The number of carbonyl (C=O) groups is 1. The molecular formula is C18H23N6O3S+. The smallest absolute Gasteiger partial charge is 0.289 e. The number of ether oxygens (including phenoxy) is 1. The van der Waals surface area contributed by atoms with Crippen molar-refractivity contribution < 1.29 is 18.8 Å². The van der Waals surface area contributed by atoms with Gasteiger partial charge in [0.25, 0.3) is 5.91 Å². The molecule has 4 rings (SSSR count). The van der Waals surface area contributed by atoms with Crippen molar-refractivity contribution in [3.63, 3.8) is 0 Å². The summed E-state index contributed by atoms with van der Waals surface area (Å²) in [5.74, 6) is 1.17. The second-order valence-corrected chi connectivity index (χ2v) is 7.61. The first-order chi connectivity index (χ1) is 13.8. The van der Waals surface area contributed by atoms with E-state index in [1.807, 2.05) is 15.6 Å². The van der Waals surface area contributed by atoms with Crippen LogP contribution in [-0.2, 0) is 11.3 Å². The van der Waals surface area contributed by atoms with Gasteiger partial charge < -0.3 is 19.0 Å². The molecule has 3 aromatic heterocycles. The molecular weight excluding hydrogens is 380 g/mol. The molecule has 28 heavy (non-hydrogen) atoms. The minimum atomic E-state index is -0.0540. The molecule has 0 saturated carbocycles.